The zero-order valence-corrected chi connectivity index (χ0v) is 15.8. The third-order valence-electron chi connectivity index (χ3n) is 5.76. The number of carbonyl (C=O) groups excluding carboxylic acids is 1. The number of nitrogens with zero attached hydrogens (tertiary/aromatic N) is 2. The quantitative estimate of drug-likeness (QED) is 0.804. The molecule has 4 nitrogen and oxygen atoms in total. The minimum absolute atomic E-state index is 0.344. The first-order valence-corrected chi connectivity index (χ1v) is 10.6. The van der Waals surface area contributed by atoms with Crippen molar-refractivity contribution in [2.45, 2.75) is 43.0 Å². The number of aromatic amines is 1. The van der Waals surface area contributed by atoms with Crippen LogP contribution < -0.4 is 0 Å². The molecule has 25 heavy (non-hydrogen) atoms. The molecule has 1 aromatic heterocycles. The SMILES string of the molecule is CSc1ccc2[nH]cc(C[C@H]3CCCN3CCN3CCCC3=O)c2c1. The summed E-state index contributed by atoms with van der Waals surface area (Å²) in [6.45, 7) is 4.05. The van der Waals surface area contributed by atoms with Crippen molar-refractivity contribution in [2.75, 3.05) is 32.4 Å². The van der Waals surface area contributed by atoms with Crippen LogP contribution in [0.2, 0.25) is 0 Å². The Morgan fingerprint density at radius 1 is 1.24 bits per heavy atom. The average molecular weight is 358 g/mol. The molecule has 1 amide bonds. The van der Waals surface area contributed by atoms with E-state index in [1.165, 1.54) is 40.7 Å². The second-order valence-corrected chi connectivity index (χ2v) is 8.13. The van der Waals surface area contributed by atoms with Gasteiger partial charge in [0, 0.05) is 54.1 Å². The van der Waals surface area contributed by atoms with E-state index in [9.17, 15) is 4.79 Å². The molecule has 0 bridgehead atoms. The van der Waals surface area contributed by atoms with Gasteiger partial charge in [0.2, 0.25) is 5.91 Å². The van der Waals surface area contributed by atoms with Gasteiger partial charge in [-0.15, -0.1) is 11.8 Å². The summed E-state index contributed by atoms with van der Waals surface area (Å²) in [7, 11) is 0. The Bertz CT molecular complexity index is 756. The van der Waals surface area contributed by atoms with Gasteiger partial charge in [-0.05, 0) is 62.2 Å². The Hall–Kier alpha value is -1.46. The molecule has 0 unspecified atom stereocenters. The Morgan fingerprint density at radius 3 is 2.96 bits per heavy atom. The molecule has 4 rings (SSSR count). The highest BCUT2D eigenvalue weighted by atomic mass is 32.2. The summed E-state index contributed by atoms with van der Waals surface area (Å²) in [5.74, 6) is 0.344. The standard InChI is InChI=1S/C20H27N3OS/c1-25-17-6-7-19-18(13-17)15(14-21-19)12-16-4-2-8-22(16)10-11-23-9-3-5-20(23)24/h6-7,13-14,16,21H,2-5,8-12H2,1H3/t16-/m1/s1. The highest BCUT2D eigenvalue weighted by molar-refractivity contribution is 7.98. The molecule has 1 aromatic carbocycles. The van der Waals surface area contributed by atoms with Gasteiger partial charge in [0.05, 0.1) is 0 Å². The maximum atomic E-state index is 11.8. The summed E-state index contributed by atoms with van der Waals surface area (Å²) in [5.41, 5.74) is 2.67. The van der Waals surface area contributed by atoms with Gasteiger partial charge in [0.1, 0.15) is 0 Å². The van der Waals surface area contributed by atoms with Crippen LogP contribution in [0.1, 0.15) is 31.2 Å². The summed E-state index contributed by atoms with van der Waals surface area (Å²) in [4.78, 5) is 21.2. The lowest BCUT2D eigenvalue weighted by Crippen LogP contribution is -2.39. The van der Waals surface area contributed by atoms with Crippen molar-refractivity contribution in [2.24, 2.45) is 0 Å². The Balaban J connectivity index is 1.43. The Kier molecular flexibility index (Phi) is 5.04. The van der Waals surface area contributed by atoms with E-state index in [-0.39, 0.29) is 0 Å². The normalized spacial score (nSPS) is 21.7. The zero-order chi connectivity index (χ0) is 17.2. The fraction of sp³-hybridized carbons (Fsp3) is 0.550. The lowest BCUT2D eigenvalue weighted by atomic mass is 10.0. The summed E-state index contributed by atoms with van der Waals surface area (Å²) in [6, 6.07) is 7.29. The van der Waals surface area contributed by atoms with E-state index in [0.717, 1.165) is 38.9 Å². The molecule has 2 saturated heterocycles. The smallest absolute Gasteiger partial charge is 0.222 e. The second-order valence-electron chi connectivity index (χ2n) is 7.25. The van der Waals surface area contributed by atoms with E-state index in [0.29, 0.717) is 11.9 Å². The van der Waals surface area contributed by atoms with Gasteiger partial charge in [-0.1, -0.05) is 0 Å². The molecule has 134 valence electrons. The molecule has 0 spiro atoms. The monoisotopic (exact) mass is 357 g/mol. The van der Waals surface area contributed by atoms with Gasteiger partial charge in [0.25, 0.3) is 0 Å². The topological polar surface area (TPSA) is 39.3 Å². The first-order valence-electron chi connectivity index (χ1n) is 9.40. The molecular weight excluding hydrogens is 330 g/mol. The summed E-state index contributed by atoms with van der Waals surface area (Å²) >= 11 is 1.80. The highest BCUT2D eigenvalue weighted by Crippen LogP contribution is 2.28. The molecule has 5 heteroatoms. The molecule has 2 aliphatic heterocycles. The first-order chi connectivity index (χ1) is 12.2. The zero-order valence-electron chi connectivity index (χ0n) is 15.0. The molecule has 0 saturated carbocycles. The van der Waals surface area contributed by atoms with Crippen LogP contribution in [0.5, 0.6) is 0 Å². The van der Waals surface area contributed by atoms with Crippen LogP contribution in [0.25, 0.3) is 10.9 Å². The van der Waals surface area contributed by atoms with E-state index in [1.54, 1.807) is 11.8 Å². The van der Waals surface area contributed by atoms with Crippen molar-refractivity contribution in [3.8, 4) is 0 Å². The first kappa shape index (κ1) is 17.0. The summed E-state index contributed by atoms with van der Waals surface area (Å²) in [5, 5.41) is 1.37. The van der Waals surface area contributed by atoms with Crippen molar-refractivity contribution in [3.05, 3.63) is 30.0 Å². The Labute approximate surface area is 153 Å². The Morgan fingerprint density at radius 2 is 2.16 bits per heavy atom. The molecule has 1 atom stereocenters. The highest BCUT2D eigenvalue weighted by Gasteiger charge is 2.27. The number of rotatable bonds is 6. The number of likely N-dealkylation sites (tertiary alicyclic amines) is 2. The number of hydrogen-bond acceptors (Lipinski definition) is 3. The summed E-state index contributed by atoms with van der Waals surface area (Å²) < 4.78 is 0. The number of carbonyl (C=O) groups is 1. The van der Waals surface area contributed by atoms with Crippen LogP contribution in [-0.2, 0) is 11.2 Å². The van der Waals surface area contributed by atoms with Crippen LogP contribution in [0, 0.1) is 0 Å². The number of benzene rings is 1. The third kappa shape index (κ3) is 3.58. The van der Waals surface area contributed by atoms with Crippen molar-refractivity contribution in [1.82, 2.24) is 14.8 Å². The number of fused-ring (bicyclic) bond motifs is 1. The maximum absolute atomic E-state index is 11.8. The van der Waals surface area contributed by atoms with Crippen molar-refractivity contribution < 1.29 is 4.79 Å². The molecule has 3 heterocycles. The minimum atomic E-state index is 0.344. The van der Waals surface area contributed by atoms with Gasteiger partial charge in [-0.25, -0.2) is 0 Å². The van der Waals surface area contributed by atoms with Gasteiger partial charge < -0.3 is 9.88 Å². The van der Waals surface area contributed by atoms with Crippen LogP contribution >= 0.6 is 11.8 Å². The van der Waals surface area contributed by atoms with E-state index in [2.05, 4.69) is 40.5 Å². The van der Waals surface area contributed by atoms with Crippen LogP contribution in [0.4, 0.5) is 0 Å². The van der Waals surface area contributed by atoms with Crippen molar-refractivity contribution in [3.63, 3.8) is 0 Å². The maximum Gasteiger partial charge on any atom is 0.222 e. The molecule has 2 aromatic rings. The van der Waals surface area contributed by atoms with E-state index in [4.69, 9.17) is 0 Å². The van der Waals surface area contributed by atoms with Crippen LogP contribution in [0.3, 0.4) is 0 Å². The van der Waals surface area contributed by atoms with Gasteiger partial charge in [0.15, 0.2) is 0 Å². The lowest BCUT2D eigenvalue weighted by Gasteiger charge is -2.27. The average Bonchev–Trinajstić information content (AvgIpc) is 3.34. The van der Waals surface area contributed by atoms with E-state index >= 15 is 0 Å². The molecule has 0 aliphatic carbocycles. The molecule has 0 radical (unpaired) electrons. The number of H-pyrrole nitrogens is 1. The lowest BCUT2D eigenvalue weighted by molar-refractivity contribution is -0.127. The van der Waals surface area contributed by atoms with Crippen molar-refractivity contribution in [1.29, 1.82) is 0 Å². The van der Waals surface area contributed by atoms with Crippen LogP contribution in [0.15, 0.2) is 29.3 Å². The fourth-order valence-corrected chi connectivity index (χ4v) is 4.76. The largest absolute Gasteiger partial charge is 0.361 e. The number of amides is 1. The predicted molar refractivity (Wildman–Crippen MR) is 104 cm³/mol. The fourth-order valence-electron chi connectivity index (χ4n) is 4.32. The molecule has 1 N–H and O–H groups in total. The molecular formula is C20H27N3OS. The molecule has 2 fully saturated rings. The van der Waals surface area contributed by atoms with Crippen LogP contribution in [-0.4, -0.2) is 59.2 Å². The predicted octanol–water partition coefficient (Wildman–Crippen LogP) is 3.52. The number of nitrogens with one attached hydrogen (secondary N) is 1. The van der Waals surface area contributed by atoms with Gasteiger partial charge in [-0.2, -0.15) is 0 Å². The van der Waals surface area contributed by atoms with Gasteiger partial charge >= 0.3 is 0 Å². The van der Waals surface area contributed by atoms with Gasteiger partial charge in [-0.3, -0.25) is 9.69 Å². The molecule has 2 aliphatic rings. The second kappa shape index (κ2) is 7.42. The number of thioether (sulfide) groups is 1. The number of aromatic nitrogens is 1. The van der Waals surface area contributed by atoms with E-state index < -0.39 is 0 Å². The van der Waals surface area contributed by atoms with E-state index in [1.807, 2.05) is 4.90 Å². The van der Waals surface area contributed by atoms with Crippen molar-refractivity contribution >= 4 is 28.6 Å². The summed E-state index contributed by atoms with van der Waals surface area (Å²) in [6.07, 6.45) is 9.75. The minimum Gasteiger partial charge on any atom is -0.361 e. The number of hydrogen-bond donors (Lipinski definition) is 1. The third-order valence-corrected chi connectivity index (χ3v) is 6.48.